The van der Waals surface area contributed by atoms with Gasteiger partial charge in [0.25, 0.3) is 0 Å². The molecule has 0 aromatic rings. The fraction of sp³-hybridized carbons (Fsp3) is 0.750. The number of nitrogens with one attached hydrogen (secondary N) is 2. The molecular formula is C8H15N3O2. The van der Waals surface area contributed by atoms with Gasteiger partial charge in [-0.3, -0.25) is 9.59 Å². The molecule has 0 bridgehead atoms. The first-order valence-corrected chi connectivity index (χ1v) is 4.35. The number of carbonyl (C=O) groups is 2. The summed E-state index contributed by atoms with van der Waals surface area (Å²) in [6.07, 6.45) is 2.44. The van der Waals surface area contributed by atoms with Crippen molar-refractivity contribution in [2.75, 3.05) is 13.6 Å². The number of hydrogen-bond donors (Lipinski definition) is 3. The smallest absolute Gasteiger partial charge is 0.247 e. The topological polar surface area (TPSA) is 84.2 Å². The molecule has 13 heavy (non-hydrogen) atoms. The van der Waals surface area contributed by atoms with Gasteiger partial charge in [0.15, 0.2) is 0 Å². The van der Waals surface area contributed by atoms with E-state index in [-0.39, 0.29) is 18.4 Å². The lowest BCUT2D eigenvalue weighted by Crippen LogP contribution is -2.62. The van der Waals surface area contributed by atoms with E-state index in [9.17, 15) is 9.59 Å². The van der Waals surface area contributed by atoms with Gasteiger partial charge in [0.05, 0.1) is 0 Å². The lowest BCUT2D eigenvalue weighted by Gasteiger charge is -2.29. The summed E-state index contributed by atoms with van der Waals surface area (Å²) in [6.45, 7) is 0.149. The standard InChI is InChI=1S/C8H15N3O2/c1-10-7(13)8(4-9,11-5-12)6-2-3-6/h5-6H,2-4,9H2,1H3,(H,10,13)(H,11,12). The molecule has 74 valence electrons. The van der Waals surface area contributed by atoms with E-state index in [2.05, 4.69) is 10.6 Å². The molecule has 4 N–H and O–H groups in total. The SMILES string of the molecule is CNC(=O)C(CN)(NC=O)C1CC1. The van der Waals surface area contributed by atoms with Crippen LogP contribution in [0.3, 0.4) is 0 Å². The van der Waals surface area contributed by atoms with Crippen molar-refractivity contribution < 1.29 is 9.59 Å². The molecule has 1 atom stereocenters. The lowest BCUT2D eigenvalue weighted by molar-refractivity contribution is -0.130. The van der Waals surface area contributed by atoms with Crippen molar-refractivity contribution in [1.29, 1.82) is 0 Å². The summed E-state index contributed by atoms with van der Waals surface area (Å²) in [4.78, 5) is 21.9. The molecule has 0 radical (unpaired) electrons. The molecule has 0 spiro atoms. The Hall–Kier alpha value is -1.10. The first-order chi connectivity index (χ1) is 6.21. The van der Waals surface area contributed by atoms with Crippen LogP contribution in [0.25, 0.3) is 0 Å². The van der Waals surface area contributed by atoms with Crippen LogP contribution >= 0.6 is 0 Å². The van der Waals surface area contributed by atoms with Crippen molar-refractivity contribution in [2.45, 2.75) is 18.4 Å². The van der Waals surface area contributed by atoms with E-state index in [0.29, 0.717) is 6.41 Å². The van der Waals surface area contributed by atoms with E-state index in [1.54, 1.807) is 7.05 Å². The Balaban J connectivity index is 2.80. The number of rotatable bonds is 5. The van der Waals surface area contributed by atoms with Gasteiger partial charge in [-0.05, 0) is 18.8 Å². The Morgan fingerprint density at radius 1 is 1.69 bits per heavy atom. The third-order valence-electron chi connectivity index (χ3n) is 2.54. The summed E-state index contributed by atoms with van der Waals surface area (Å²) in [5.74, 6) is -0.00718. The summed E-state index contributed by atoms with van der Waals surface area (Å²) < 4.78 is 0. The van der Waals surface area contributed by atoms with Crippen LogP contribution in [0.1, 0.15) is 12.8 Å². The number of nitrogens with two attached hydrogens (primary N) is 1. The zero-order valence-corrected chi connectivity index (χ0v) is 7.67. The maximum absolute atomic E-state index is 11.5. The highest BCUT2D eigenvalue weighted by Crippen LogP contribution is 2.39. The molecule has 5 nitrogen and oxygen atoms in total. The first kappa shape index (κ1) is 9.98. The number of hydrogen-bond acceptors (Lipinski definition) is 3. The highest BCUT2D eigenvalue weighted by Gasteiger charge is 2.49. The van der Waals surface area contributed by atoms with Crippen LogP contribution in [0.2, 0.25) is 0 Å². The quantitative estimate of drug-likeness (QED) is 0.460. The Kier molecular flexibility index (Phi) is 2.87. The number of amides is 2. The minimum atomic E-state index is -0.878. The van der Waals surface area contributed by atoms with Crippen LogP contribution in [-0.4, -0.2) is 31.4 Å². The van der Waals surface area contributed by atoms with Gasteiger partial charge in [0, 0.05) is 13.6 Å². The van der Waals surface area contributed by atoms with Gasteiger partial charge in [-0.25, -0.2) is 0 Å². The number of likely N-dealkylation sites (N-methyl/N-ethyl adjacent to an activating group) is 1. The zero-order chi connectivity index (χ0) is 9.90. The van der Waals surface area contributed by atoms with Gasteiger partial charge in [-0.2, -0.15) is 0 Å². The highest BCUT2D eigenvalue weighted by molar-refractivity contribution is 5.89. The predicted octanol–water partition coefficient (Wildman–Crippen LogP) is -1.41. The summed E-state index contributed by atoms with van der Waals surface area (Å²) in [5, 5.41) is 5.06. The first-order valence-electron chi connectivity index (χ1n) is 4.35. The summed E-state index contributed by atoms with van der Waals surface area (Å²) in [5.41, 5.74) is 4.65. The Morgan fingerprint density at radius 3 is 2.62 bits per heavy atom. The molecule has 1 unspecified atom stereocenters. The minimum absolute atomic E-state index is 0.149. The monoisotopic (exact) mass is 185 g/mol. The third kappa shape index (κ3) is 1.65. The van der Waals surface area contributed by atoms with Gasteiger partial charge in [0.1, 0.15) is 5.54 Å². The molecule has 1 fully saturated rings. The maximum Gasteiger partial charge on any atom is 0.247 e. The van der Waals surface area contributed by atoms with Crippen LogP contribution in [0.5, 0.6) is 0 Å². The van der Waals surface area contributed by atoms with Gasteiger partial charge in [-0.15, -0.1) is 0 Å². The minimum Gasteiger partial charge on any atom is -0.357 e. The Labute approximate surface area is 77.1 Å². The maximum atomic E-state index is 11.5. The molecule has 0 aromatic carbocycles. The molecule has 1 rings (SSSR count). The molecule has 1 aliphatic carbocycles. The molecule has 2 amide bonds. The van der Waals surface area contributed by atoms with Crippen molar-refractivity contribution in [3.05, 3.63) is 0 Å². The van der Waals surface area contributed by atoms with Crippen molar-refractivity contribution in [1.82, 2.24) is 10.6 Å². The second kappa shape index (κ2) is 3.74. The summed E-state index contributed by atoms with van der Waals surface area (Å²) >= 11 is 0. The van der Waals surface area contributed by atoms with Crippen molar-refractivity contribution in [2.24, 2.45) is 11.7 Å². The third-order valence-corrected chi connectivity index (χ3v) is 2.54. The van der Waals surface area contributed by atoms with E-state index in [1.165, 1.54) is 0 Å². The van der Waals surface area contributed by atoms with Gasteiger partial charge < -0.3 is 16.4 Å². The Bertz CT molecular complexity index is 215. The van der Waals surface area contributed by atoms with Crippen LogP contribution in [0, 0.1) is 5.92 Å². The highest BCUT2D eigenvalue weighted by atomic mass is 16.2. The molecular weight excluding hydrogens is 170 g/mol. The average Bonchev–Trinajstić information content (AvgIpc) is 2.96. The zero-order valence-electron chi connectivity index (χ0n) is 7.67. The van der Waals surface area contributed by atoms with Gasteiger partial charge in [0.2, 0.25) is 12.3 Å². The lowest BCUT2D eigenvalue weighted by atomic mass is 9.92. The largest absolute Gasteiger partial charge is 0.357 e. The van der Waals surface area contributed by atoms with Crippen LogP contribution in [-0.2, 0) is 9.59 Å². The second-order valence-corrected chi connectivity index (χ2v) is 3.29. The van der Waals surface area contributed by atoms with Crippen LogP contribution in [0.4, 0.5) is 0 Å². The molecule has 1 saturated carbocycles. The predicted molar refractivity (Wildman–Crippen MR) is 47.8 cm³/mol. The number of carbonyl (C=O) groups excluding carboxylic acids is 2. The van der Waals surface area contributed by atoms with Gasteiger partial charge in [-0.1, -0.05) is 0 Å². The summed E-state index contributed by atoms with van der Waals surface area (Å²) in [7, 11) is 1.54. The fourth-order valence-electron chi connectivity index (χ4n) is 1.59. The van der Waals surface area contributed by atoms with Crippen molar-refractivity contribution in [3.63, 3.8) is 0 Å². The van der Waals surface area contributed by atoms with E-state index in [4.69, 9.17) is 5.73 Å². The van der Waals surface area contributed by atoms with Crippen molar-refractivity contribution >= 4 is 12.3 Å². The Morgan fingerprint density at radius 2 is 2.31 bits per heavy atom. The van der Waals surface area contributed by atoms with Crippen LogP contribution in [0.15, 0.2) is 0 Å². The molecule has 0 heterocycles. The molecule has 0 aromatic heterocycles. The average molecular weight is 185 g/mol. The summed E-state index contributed by atoms with van der Waals surface area (Å²) in [6, 6.07) is 0. The molecule has 1 aliphatic rings. The van der Waals surface area contributed by atoms with Gasteiger partial charge >= 0.3 is 0 Å². The van der Waals surface area contributed by atoms with E-state index >= 15 is 0 Å². The fourth-order valence-corrected chi connectivity index (χ4v) is 1.59. The second-order valence-electron chi connectivity index (χ2n) is 3.29. The molecule has 5 heteroatoms. The molecule has 0 saturated heterocycles. The van der Waals surface area contributed by atoms with Crippen molar-refractivity contribution in [3.8, 4) is 0 Å². The normalized spacial score (nSPS) is 20.2. The molecule has 0 aliphatic heterocycles. The van der Waals surface area contributed by atoms with Crippen LogP contribution < -0.4 is 16.4 Å². The van der Waals surface area contributed by atoms with E-state index < -0.39 is 5.54 Å². The van der Waals surface area contributed by atoms with E-state index in [1.807, 2.05) is 0 Å². The van der Waals surface area contributed by atoms with E-state index in [0.717, 1.165) is 12.8 Å².